The third-order valence-electron chi connectivity index (χ3n) is 5.90. The first kappa shape index (κ1) is 22.0. The summed E-state index contributed by atoms with van der Waals surface area (Å²) in [5.74, 6) is 0.664. The Morgan fingerprint density at radius 1 is 1.16 bits per heavy atom. The second-order valence-electron chi connectivity index (χ2n) is 8.49. The Morgan fingerprint density at radius 3 is 2.52 bits per heavy atom. The second-order valence-corrected chi connectivity index (χ2v) is 10.1. The van der Waals surface area contributed by atoms with Crippen LogP contribution in [0.15, 0.2) is 41.3 Å². The molecule has 0 amide bonds. The highest BCUT2D eigenvalue weighted by Gasteiger charge is 2.39. The van der Waals surface area contributed by atoms with Crippen LogP contribution >= 0.6 is 0 Å². The van der Waals surface area contributed by atoms with E-state index in [1.165, 1.54) is 4.68 Å². The Labute approximate surface area is 184 Å². The molecule has 0 radical (unpaired) electrons. The minimum atomic E-state index is -1.17. The molecule has 4 rings (SSSR count). The summed E-state index contributed by atoms with van der Waals surface area (Å²) in [7, 11) is -1.17. The van der Waals surface area contributed by atoms with Crippen molar-refractivity contribution in [2.75, 3.05) is 50.1 Å². The van der Waals surface area contributed by atoms with Crippen molar-refractivity contribution in [3.63, 3.8) is 0 Å². The maximum atomic E-state index is 13.3. The predicted molar refractivity (Wildman–Crippen MR) is 120 cm³/mol. The zero-order valence-electron chi connectivity index (χ0n) is 17.8. The standard InChI is InChI=1S/C22H29FN4O3S/c1-22(8-9-22)17-30-20-19(16-24-27(21(20)28)18-6-3-2-4-7-18)25-11-13-26(14-12-25)31(29)15-5-10-23/h2-4,6-7,16H,5,8-15,17H2,1H3. The Kier molecular flexibility index (Phi) is 6.71. The van der Waals surface area contributed by atoms with Crippen LogP contribution in [0.3, 0.4) is 0 Å². The summed E-state index contributed by atoms with van der Waals surface area (Å²) in [6.07, 6.45) is 4.20. The van der Waals surface area contributed by atoms with Gasteiger partial charge in [-0.3, -0.25) is 9.18 Å². The molecule has 9 heteroatoms. The van der Waals surface area contributed by atoms with Crippen LogP contribution in [0.2, 0.25) is 0 Å². The summed E-state index contributed by atoms with van der Waals surface area (Å²) < 4.78 is 34.0. The third kappa shape index (κ3) is 5.15. The highest BCUT2D eigenvalue weighted by atomic mass is 32.2. The molecule has 0 bridgehead atoms. The van der Waals surface area contributed by atoms with Gasteiger partial charge in [-0.25, -0.2) is 8.51 Å². The van der Waals surface area contributed by atoms with Gasteiger partial charge < -0.3 is 9.64 Å². The Hall–Kier alpha value is -2.26. The van der Waals surface area contributed by atoms with E-state index in [2.05, 4.69) is 16.9 Å². The van der Waals surface area contributed by atoms with E-state index in [-0.39, 0.29) is 11.0 Å². The summed E-state index contributed by atoms with van der Waals surface area (Å²) in [5, 5.41) is 4.41. The number of ether oxygens (including phenoxy) is 1. The molecule has 2 aliphatic rings. The normalized spacial score (nSPS) is 19.2. The van der Waals surface area contributed by atoms with Crippen molar-refractivity contribution < 1.29 is 13.3 Å². The van der Waals surface area contributed by atoms with Gasteiger partial charge >= 0.3 is 5.56 Å². The van der Waals surface area contributed by atoms with E-state index in [0.29, 0.717) is 62.1 Å². The second kappa shape index (κ2) is 9.48. The van der Waals surface area contributed by atoms with Crippen molar-refractivity contribution in [2.45, 2.75) is 26.2 Å². The molecule has 168 valence electrons. The van der Waals surface area contributed by atoms with E-state index in [1.54, 1.807) is 6.20 Å². The van der Waals surface area contributed by atoms with Gasteiger partial charge in [0, 0.05) is 37.3 Å². The average molecular weight is 449 g/mol. The molecule has 1 aromatic heterocycles. The molecule has 2 heterocycles. The van der Waals surface area contributed by atoms with Crippen molar-refractivity contribution >= 4 is 16.7 Å². The average Bonchev–Trinajstić information content (AvgIpc) is 3.54. The lowest BCUT2D eigenvalue weighted by molar-refractivity contribution is 0.242. The van der Waals surface area contributed by atoms with E-state index in [9.17, 15) is 13.4 Å². The number of halogens is 1. The van der Waals surface area contributed by atoms with Gasteiger partial charge in [-0.05, 0) is 31.4 Å². The van der Waals surface area contributed by atoms with Crippen molar-refractivity contribution in [3.8, 4) is 11.4 Å². The number of piperazine rings is 1. The minimum absolute atomic E-state index is 0.135. The molecule has 0 spiro atoms. The first-order valence-corrected chi connectivity index (χ1v) is 12.0. The van der Waals surface area contributed by atoms with E-state index in [4.69, 9.17) is 4.74 Å². The number of nitrogens with zero attached hydrogens (tertiary/aromatic N) is 4. The molecular weight excluding hydrogens is 419 g/mol. The third-order valence-corrected chi connectivity index (χ3v) is 7.48. The fourth-order valence-corrected chi connectivity index (χ4v) is 4.77. The number of rotatable bonds is 9. The maximum absolute atomic E-state index is 13.3. The van der Waals surface area contributed by atoms with E-state index >= 15 is 0 Å². The largest absolute Gasteiger partial charge is 0.486 e. The van der Waals surface area contributed by atoms with Crippen LogP contribution in [0.4, 0.5) is 10.1 Å². The van der Waals surface area contributed by atoms with E-state index in [1.807, 2.05) is 34.6 Å². The zero-order valence-corrected chi connectivity index (χ0v) is 18.7. The molecule has 7 nitrogen and oxygen atoms in total. The topological polar surface area (TPSA) is 67.7 Å². The molecule has 1 aliphatic carbocycles. The van der Waals surface area contributed by atoms with Gasteiger partial charge in [-0.1, -0.05) is 25.1 Å². The first-order valence-electron chi connectivity index (χ1n) is 10.8. The quantitative estimate of drug-likeness (QED) is 0.590. The number of para-hydroxylation sites is 1. The smallest absolute Gasteiger partial charge is 0.316 e. The van der Waals surface area contributed by atoms with Crippen molar-refractivity contribution in [2.24, 2.45) is 5.41 Å². The number of hydrogen-bond acceptors (Lipinski definition) is 5. The Bertz CT molecular complexity index is 972. The Balaban J connectivity index is 1.56. The predicted octanol–water partition coefficient (Wildman–Crippen LogP) is 2.56. The lowest BCUT2D eigenvalue weighted by Crippen LogP contribution is -2.48. The molecule has 1 unspecified atom stereocenters. The van der Waals surface area contributed by atoms with Gasteiger partial charge in [0.1, 0.15) is 5.69 Å². The highest BCUT2D eigenvalue weighted by Crippen LogP contribution is 2.45. The highest BCUT2D eigenvalue weighted by molar-refractivity contribution is 7.82. The van der Waals surface area contributed by atoms with Crippen LogP contribution in [0.5, 0.6) is 5.75 Å². The molecule has 0 N–H and O–H groups in total. The lowest BCUT2D eigenvalue weighted by atomic mass is 10.2. The summed E-state index contributed by atoms with van der Waals surface area (Å²) in [5.41, 5.74) is 1.23. The monoisotopic (exact) mass is 448 g/mol. The zero-order chi connectivity index (χ0) is 21.8. The van der Waals surface area contributed by atoms with Gasteiger partial charge in [0.15, 0.2) is 0 Å². The summed E-state index contributed by atoms with van der Waals surface area (Å²) in [6, 6.07) is 9.30. The van der Waals surface area contributed by atoms with Gasteiger partial charge in [-0.15, -0.1) is 0 Å². The SMILES string of the molecule is CC1(COc2c(N3CCN(S(=O)CCCF)CC3)cnn(-c3ccccc3)c2=O)CC1. The number of aromatic nitrogens is 2. The van der Waals surface area contributed by atoms with Crippen molar-refractivity contribution in [1.29, 1.82) is 0 Å². The molecule has 1 saturated carbocycles. The first-order chi connectivity index (χ1) is 15.0. The fourth-order valence-electron chi connectivity index (χ4n) is 3.59. The Morgan fingerprint density at radius 2 is 1.87 bits per heavy atom. The number of anilines is 1. The van der Waals surface area contributed by atoms with Crippen LogP contribution in [0.25, 0.3) is 5.69 Å². The van der Waals surface area contributed by atoms with Crippen LogP contribution < -0.4 is 15.2 Å². The van der Waals surface area contributed by atoms with Crippen LogP contribution in [0, 0.1) is 5.41 Å². The van der Waals surface area contributed by atoms with Crippen molar-refractivity contribution in [3.05, 3.63) is 46.9 Å². The van der Waals surface area contributed by atoms with Crippen LogP contribution in [0.1, 0.15) is 26.2 Å². The van der Waals surface area contributed by atoms with Gasteiger partial charge in [0.25, 0.3) is 0 Å². The number of hydrogen-bond donors (Lipinski definition) is 0. The summed E-state index contributed by atoms with van der Waals surface area (Å²) in [6.45, 7) is 4.58. The summed E-state index contributed by atoms with van der Waals surface area (Å²) >= 11 is 0. The fraction of sp³-hybridized carbons (Fsp3) is 0.545. The molecule has 2 aromatic rings. The number of alkyl halides is 1. The lowest BCUT2D eigenvalue weighted by Gasteiger charge is -2.35. The van der Waals surface area contributed by atoms with Crippen LogP contribution in [-0.4, -0.2) is 63.5 Å². The molecule has 2 fully saturated rings. The maximum Gasteiger partial charge on any atom is 0.316 e. The molecule has 1 saturated heterocycles. The van der Waals surface area contributed by atoms with Crippen LogP contribution in [-0.2, 0) is 11.0 Å². The summed E-state index contributed by atoms with van der Waals surface area (Å²) in [4.78, 5) is 15.4. The molecular formula is C22H29FN4O3S. The van der Waals surface area contributed by atoms with E-state index < -0.39 is 17.7 Å². The van der Waals surface area contributed by atoms with Gasteiger partial charge in [-0.2, -0.15) is 9.78 Å². The van der Waals surface area contributed by atoms with Gasteiger partial charge in [0.2, 0.25) is 5.75 Å². The minimum Gasteiger partial charge on any atom is -0.486 e. The molecule has 31 heavy (non-hydrogen) atoms. The van der Waals surface area contributed by atoms with Gasteiger partial charge in [0.05, 0.1) is 36.2 Å². The van der Waals surface area contributed by atoms with Crippen molar-refractivity contribution in [1.82, 2.24) is 14.1 Å². The molecule has 1 atom stereocenters. The molecule has 1 aliphatic heterocycles. The van der Waals surface area contributed by atoms with E-state index in [0.717, 1.165) is 12.8 Å². The molecule has 1 aromatic carbocycles. The number of benzene rings is 1.